The van der Waals surface area contributed by atoms with Crippen LogP contribution in [-0.4, -0.2) is 18.6 Å². The van der Waals surface area contributed by atoms with Gasteiger partial charge in [-0.05, 0) is 17.7 Å². The molecule has 1 fully saturated rings. The first-order valence-corrected chi connectivity index (χ1v) is 5.00. The molecule has 0 aromatic heterocycles. The molecule has 0 saturated carbocycles. The maximum Gasteiger partial charge on any atom is 0.247 e. The highest BCUT2D eigenvalue weighted by Crippen LogP contribution is 2.30. The number of halogens is 1. The summed E-state index contributed by atoms with van der Waals surface area (Å²) in [6, 6.07) is 7.74. The van der Waals surface area contributed by atoms with Crippen LogP contribution in [-0.2, 0) is 9.53 Å². The Bertz CT molecular complexity index is 350. The summed E-state index contributed by atoms with van der Waals surface area (Å²) >= 11 is 3.35. The third-order valence-corrected chi connectivity index (χ3v) is 2.72. The van der Waals surface area contributed by atoms with Crippen molar-refractivity contribution in [3.05, 3.63) is 40.2 Å². The number of primary amides is 1. The summed E-state index contributed by atoms with van der Waals surface area (Å²) < 4.78 is 6.08. The van der Waals surface area contributed by atoms with Gasteiger partial charge in [0.15, 0.2) is 0 Å². The van der Waals surface area contributed by atoms with Crippen LogP contribution in [0.2, 0.25) is 0 Å². The number of hydrogen-bond acceptors (Lipinski definition) is 2. The number of ether oxygens (including phenoxy) is 1. The predicted octanol–water partition coefficient (Wildman–Crippen LogP) is 1.26. The highest BCUT2D eigenvalue weighted by molar-refractivity contribution is 9.10. The van der Waals surface area contributed by atoms with Gasteiger partial charge in [-0.3, -0.25) is 4.79 Å². The highest BCUT2D eigenvalue weighted by Gasteiger charge is 2.38. The summed E-state index contributed by atoms with van der Waals surface area (Å²) in [5.74, 6) is 0.541. The lowest BCUT2D eigenvalue weighted by molar-refractivity contribution is -0.135. The number of hydrogen-bond donors (Lipinski definition) is 1. The van der Waals surface area contributed by atoms with Crippen molar-refractivity contribution in [1.29, 1.82) is 0 Å². The zero-order chi connectivity index (χ0) is 10.1. The molecule has 2 N–H and O–H groups in total. The standard InChI is InChI=1S/C10H9BrNO2/c11-7-3-1-6(2-4-7)8-5-14-9(8)10(12)13/h1-4,9H,5H2,(H2,12,13). The van der Waals surface area contributed by atoms with Crippen LogP contribution in [0.4, 0.5) is 0 Å². The lowest BCUT2D eigenvalue weighted by atomic mass is 9.89. The monoisotopic (exact) mass is 254 g/mol. The van der Waals surface area contributed by atoms with Crippen LogP contribution < -0.4 is 5.73 Å². The molecule has 2 rings (SSSR count). The fraction of sp³-hybridized carbons (Fsp3) is 0.200. The molecule has 0 bridgehead atoms. The second-order valence-corrected chi connectivity index (χ2v) is 4.04. The minimum atomic E-state index is -0.531. The minimum absolute atomic E-state index is 0.422. The van der Waals surface area contributed by atoms with Crippen molar-refractivity contribution in [3.8, 4) is 0 Å². The number of benzene rings is 1. The lowest BCUT2D eigenvalue weighted by Crippen LogP contribution is -2.47. The van der Waals surface area contributed by atoms with Gasteiger partial charge in [0.25, 0.3) is 0 Å². The molecule has 1 heterocycles. The summed E-state index contributed by atoms with van der Waals surface area (Å²) in [4.78, 5) is 10.9. The van der Waals surface area contributed by atoms with Crippen molar-refractivity contribution in [1.82, 2.24) is 0 Å². The van der Waals surface area contributed by atoms with Gasteiger partial charge < -0.3 is 10.5 Å². The fourth-order valence-electron chi connectivity index (χ4n) is 1.40. The van der Waals surface area contributed by atoms with E-state index in [2.05, 4.69) is 15.9 Å². The van der Waals surface area contributed by atoms with Crippen LogP contribution in [0.1, 0.15) is 5.56 Å². The van der Waals surface area contributed by atoms with E-state index in [1.54, 1.807) is 0 Å². The van der Waals surface area contributed by atoms with E-state index in [1.807, 2.05) is 24.3 Å². The van der Waals surface area contributed by atoms with Crippen molar-refractivity contribution in [3.63, 3.8) is 0 Å². The van der Waals surface area contributed by atoms with E-state index in [4.69, 9.17) is 10.5 Å². The summed E-state index contributed by atoms with van der Waals surface area (Å²) in [6.07, 6.45) is -0.531. The normalized spacial score (nSPS) is 21.6. The maximum atomic E-state index is 10.9. The van der Waals surface area contributed by atoms with Crippen LogP contribution >= 0.6 is 15.9 Å². The number of amides is 1. The van der Waals surface area contributed by atoms with Crippen molar-refractivity contribution in [2.24, 2.45) is 5.73 Å². The minimum Gasteiger partial charge on any atom is -0.367 e. The Morgan fingerprint density at radius 1 is 1.43 bits per heavy atom. The molecule has 1 aromatic rings. The lowest BCUT2D eigenvalue weighted by Gasteiger charge is -2.33. The molecule has 1 atom stereocenters. The Labute approximate surface area is 90.4 Å². The van der Waals surface area contributed by atoms with E-state index in [0.29, 0.717) is 6.61 Å². The van der Waals surface area contributed by atoms with E-state index < -0.39 is 12.0 Å². The molecule has 1 radical (unpaired) electrons. The zero-order valence-corrected chi connectivity index (χ0v) is 8.95. The highest BCUT2D eigenvalue weighted by atomic mass is 79.9. The quantitative estimate of drug-likeness (QED) is 0.864. The molecule has 1 aliphatic heterocycles. The second-order valence-electron chi connectivity index (χ2n) is 3.13. The number of carbonyl (C=O) groups is 1. The number of rotatable bonds is 2. The largest absolute Gasteiger partial charge is 0.367 e. The van der Waals surface area contributed by atoms with Crippen LogP contribution in [0.3, 0.4) is 0 Å². The van der Waals surface area contributed by atoms with Crippen molar-refractivity contribution >= 4 is 21.8 Å². The molecule has 1 saturated heterocycles. The first kappa shape index (κ1) is 9.68. The number of carbonyl (C=O) groups excluding carboxylic acids is 1. The summed E-state index contributed by atoms with van der Waals surface area (Å²) in [6.45, 7) is 0.495. The van der Waals surface area contributed by atoms with Crippen molar-refractivity contribution in [2.75, 3.05) is 6.61 Å². The maximum absolute atomic E-state index is 10.9. The summed E-state index contributed by atoms with van der Waals surface area (Å²) in [5.41, 5.74) is 6.18. The van der Waals surface area contributed by atoms with Gasteiger partial charge in [-0.2, -0.15) is 0 Å². The van der Waals surface area contributed by atoms with E-state index in [-0.39, 0.29) is 0 Å². The van der Waals surface area contributed by atoms with E-state index in [1.165, 1.54) is 0 Å². The second kappa shape index (κ2) is 3.71. The summed E-state index contributed by atoms with van der Waals surface area (Å²) in [5, 5.41) is 0. The molecule has 0 aliphatic carbocycles. The van der Waals surface area contributed by atoms with E-state index in [9.17, 15) is 4.79 Å². The van der Waals surface area contributed by atoms with Gasteiger partial charge in [0.1, 0.15) is 6.10 Å². The average molecular weight is 255 g/mol. The molecule has 1 aromatic carbocycles. The van der Waals surface area contributed by atoms with Crippen LogP contribution in [0.5, 0.6) is 0 Å². The molecule has 0 spiro atoms. The van der Waals surface area contributed by atoms with Crippen LogP contribution in [0.25, 0.3) is 0 Å². The molecule has 1 unspecified atom stereocenters. The first-order chi connectivity index (χ1) is 6.68. The Morgan fingerprint density at radius 3 is 2.50 bits per heavy atom. The average Bonchev–Trinajstić information content (AvgIpc) is 2.05. The van der Waals surface area contributed by atoms with Gasteiger partial charge in [-0.15, -0.1) is 0 Å². The predicted molar refractivity (Wildman–Crippen MR) is 55.4 cm³/mol. The van der Waals surface area contributed by atoms with Gasteiger partial charge in [0, 0.05) is 4.47 Å². The Hall–Kier alpha value is -0.870. The van der Waals surface area contributed by atoms with Crippen LogP contribution in [0, 0.1) is 5.92 Å². The molecular formula is C10H9BrNO2. The first-order valence-electron chi connectivity index (χ1n) is 4.21. The molecule has 3 nitrogen and oxygen atoms in total. The van der Waals surface area contributed by atoms with Gasteiger partial charge in [-0.1, -0.05) is 28.1 Å². The Balaban J connectivity index is 2.16. The third-order valence-electron chi connectivity index (χ3n) is 2.20. The van der Waals surface area contributed by atoms with Crippen molar-refractivity contribution < 1.29 is 9.53 Å². The fourth-order valence-corrected chi connectivity index (χ4v) is 1.67. The molecule has 14 heavy (non-hydrogen) atoms. The van der Waals surface area contributed by atoms with E-state index in [0.717, 1.165) is 16.0 Å². The SMILES string of the molecule is NC(=O)C1OC[C]1c1ccc(Br)cc1. The molecule has 1 amide bonds. The van der Waals surface area contributed by atoms with Gasteiger partial charge >= 0.3 is 0 Å². The van der Waals surface area contributed by atoms with Crippen LogP contribution in [0.15, 0.2) is 28.7 Å². The molecular weight excluding hydrogens is 246 g/mol. The number of nitrogens with two attached hydrogens (primary N) is 1. The van der Waals surface area contributed by atoms with Gasteiger partial charge in [-0.25, -0.2) is 0 Å². The third kappa shape index (κ3) is 1.67. The molecule has 1 aliphatic rings. The van der Waals surface area contributed by atoms with Crippen molar-refractivity contribution in [2.45, 2.75) is 6.10 Å². The topological polar surface area (TPSA) is 52.3 Å². The Morgan fingerprint density at radius 2 is 2.07 bits per heavy atom. The summed E-state index contributed by atoms with van der Waals surface area (Å²) in [7, 11) is 0. The van der Waals surface area contributed by atoms with Gasteiger partial charge in [0.05, 0.1) is 12.5 Å². The zero-order valence-electron chi connectivity index (χ0n) is 7.37. The molecule has 73 valence electrons. The smallest absolute Gasteiger partial charge is 0.247 e. The van der Waals surface area contributed by atoms with Gasteiger partial charge in [0.2, 0.25) is 5.91 Å². The van der Waals surface area contributed by atoms with E-state index >= 15 is 0 Å². The molecule has 4 heteroatoms. The Kier molecular flexibility index (Phi) is 2.56.